The lowest BCUT2D eigenvalue weighted by atomic mass is 10.0. The first-order valence-electron chi connectivity index (χ1n) is 8.13. The molecule has 0 unspecified atom stereocenters. The highest BCUT2D eigenvalue weighted by molar-refractivity contribution is 7.13. The largest absolute Gasteiger partial charge is 0.416 e. The van der Waals surface area contributed by atoms with Crippen molar-refractivity contribution in [2.75, 3.05) is 5.32 Å². The van der Waals surface area contributed by atoms with Gasteiger partial charge in [0, 0.05) is 10.9 Å². The van der Waals surface area contributed by atoms with Crippen LogP contribution in [-0.4, -0.2) is 10.9 Å². The Bertz CT molecular complexity index is 1010. The summed E-state index contributed by atoms with van der Waals surface area (Å²) in [6, 6.07) is 10.4. The van der Waals surface area contributed by atoms with Crippen molar-refractivity contribution in [2.24, 2.45) is 0 Å². The van der Waals surface area contributed by atoms with Gasteiger partial charge in [-0.15, -0.1) is 11.3 Å². The van der Waals surface area contributed by atoms with Gasteiger partial charge >= 0.3 is 6.18 Å². The van der Waals surface area contributed by atoms with Gasteiger partial charge in [-0.05, 0) is 30.7 Å². The monoisotopic (exact) mass is 389 g/mol. The van der Waals surface area contributed by atoms with Crippen LogP contribution in [-0.2, 0) is 6.18 Å². The van der Waals surface area contributed by atoms with Crippen LogP contribution >= 0.6 is 11.3 Å². The molecule has 4 rings (SSSR count). The van der Waals surface area contributed by atoms with Gasteiger partial charge in [-0.2, -0.15) is 13.2 Å². The van der Waals surface area contributed by atoms with Crippen LogP contribution in [0.5, 0.6) is 0 Å². The van der Waals surface area contributed by atoms with Crippen molar-refractivity contribution in [3.05, 3.63) is 70.2 Å². The molecule has 2 heterocycles. The molecule has 0 aliphatic carbocycles. The quantitative estimate of drug-likeness (QED) is 0.649. The number of benzene rings is 2. The standard InChI is InChI=1S/C19H14F3N3OS/c1-10-3-2-4-13-15(10)24-16(25-17(13)26)14-9-27-18(23-14)11-5-7-12(8-6-11)19(20,21)22/h2-9,16,24H,1H3,(H,25,26)/t16-/m0/s1. The third-order valence-electron chi connectivity index (χ3n) is 4.36. The van der Waals surface area contributed by atoms with Crippen molar-refractivity contribution in [3.8, 4) is 10.6 Å². The van der Waals surface area contributed by atoms with Crippen molar-refractivity contribution >= 4 is 22.9 Å². The molecule has 138 valence electrons. The molecule has 2 aromatic carbocycles. The topological polar surface area (TPSA) is 54.0 Å². The maximum Gasteiger partial charge on any atom is 0.416 e. The number of amides is 1. The average Bonchev–Trinajstić information content (AvgIpc) is 3.12. The van der Waals surface area contributed by atoms with E-state index in [0.717, 1.165) is 23.4 Å². The Labute approximate surface area is 157 Å². The number of alkyl halides is 3. The van der Waals surface area contributed by atoms with Crippen LogP contribution in [0.25, 0.3) is 10.6 Å². The molecule has 0 bridgehead atoms. The van der Waals surface area contributed by atoms with Crippen LogP contribution < -0.4 is 10.6 Å². The van der Waals surface area contributed by atoms with Crippen LogP contribution in [0.15, 0.2) is 47.8 Å². The number of nitrogens with one attached hydrogen (secondary N) is 2. The van der Waals surface area contributed by atoms with Gasteiger partial charge in [0.1, 0.15) is 11.2 Å². The highest BCUT2D eigenvalue weighted by Crippen LogP contribution is 2.34. The van der Waals surface area contributed by atoms with Crippen molar-refractivity contribution < 1.29 is 18.0 Å². The Hall–Kier alpha value is -2.87. The minimum Gasteiger partial charge on any atom is -0.359 e. The molecule has 1 aromatic heterocycles. The van der Waals surface area contributed by atoms with Crippen molar-refractivity contribution in [1.29, 1.82) is 0 Å². The molecule has 0 spiro atoms. The number of anilines is 1. The highest BCUT2D eigenvalue weighted by Gasteiger charge is 2.30. The molecule has 1 aliphatic rings. The molecule has 2 N–H and O–H groups in total. The zero-order valence-electron chi connectivity index (χ0n) is 14.1. The molecule has 0 saturated heterocycles. The maximum absolute atomic E-state index is 12.7. The fraction of sp³-hybridized carbons (Fsp3) is 0.158. The number of carbonyl (C=O) groups is 1. The van der Waals surface area contributed by atoms with E-state index < -0.39 is 17.9 Å². The molecule has 4 nitrogen and oxygen atoms in total. The number of halogens is 3. The molecule has 0 radical (unpaired) electrons. The van der Waals surface area contributed by atoms with Gasteiger partial charge in [0.15, 0.2) is 0 Å². The Morgan fingerprint density at radius 3 is 2.52 bits per heavy atom. The summed E-state index contributed by atoms with van der Waals surface area (Å²) in [7, 11) is 0. The summed E-state index contributed by atoms with van der Waals surface area (Å²) in [4.78, 5) is 16.8. The van der Waals surface area contributed by atoms with Crippen LogP contribution in [0.1, 0.15) is 33.3 Å². The second-order valence-electron chi connectivity index (χ2n) is 6.20. The first kappa shape index (κ1) is 17.5. The van der Waals surface area contributed by atoms with E-state index in [0.29, 0.717) is 21.8 Å². The summed E-state index contributed by atoms with van der Waals surface area (Å²) in [5.74, 6) is -0.193. The number of aromatic nitrogens is 1. The van der Waals surface area contributed by atoms with E-state index >= 15 is 0 Å². The van der Waals surface area contributed by atoms with Gasteiger partial charge < -0.3 is 10.6 Å². The molecule has 1 aliphatic heterocycles. The molecule has 0 saturated carbocycles. The fourth-order valence-electron chi connectivity index (χ4n) is 2.94. The SMILES string of the molecule is Cc1cccc2c1N[C@H](c1csc(-c3ccc(C(F)(F)F)cc3)n1)NC2=O. The van der Waals surface area contributed by atoms with Gasteiger partial charge in [-0.3, -0.25) is 4.79 Å². The molecule has 3 aromatic rings. The number of fused-ring (bicyclic) bond motifs is 1. The second kappa shape index (κ2) is 6.38. The first-order valence-corrected chi connectivity index (χ1v) is 9.01. The number of hydrogen-bond acceptors (Lipinski definition) is 4. The van der Waals surface area contributed by atoms with Gasteiger partial charge in [-0.25, -0.2) is 4.98 Å². The lowest BCUT2D eigenvalue weighted by molar-refractivity contribution is -0.137. The number of para-hydroxylation sites is 1. The summed E-state index contributed by atoms with van der Waals surface area (Å²) >= 11 is 1.31. The average molecular weight is 389 g/mol. The van der Waals surface area contributed by atoms with Gasteiger partial charge in [0.25, 0.3) is 5.91 Å². The summed E-state index contributed by atoms with van der Waals surface area (Å²) < 4.78 is 38.1. The first-order chi connectivity index (χ1) is 12.8. The molecule has 0 fully saturated rings. The molecule has 1 amide bonds. The molecule has 1 atom stereocenters. The zero-order valence-corrected chi connectivity index (χ0v) is 14.9. The van der Waals surface area contributed by atoms with Crippen LogP contribution in [0.4, 0.5) is 18.9 Å². The Balaban J connectivity index is 1.60. The van der Waals surface area contributed by atoms with E-state index in [1.165, 1.54) is 23.5 Å². The van der Waals surface area contributed by atoms with Crippen molar-refractivity contribution in [1.82, 2.24) is 10.3 Å². The van der Waals surface area contributed by atoms with E-state index in [2.05, 4.69) is 15.6 Å². The van der Waals surface area contributed by atoms with Gasteiger partial charge in [-0.1, -0.05) is 24.3 Å². The molecular weight excluding hydrogens is 375 g/mol. The number of rotatable bonds is 2. The van der Waals surface area contributed by atoms with Crippen molar-refractivity contribution in [3.63, 3.8) is 0 Å². The van der Waals surface area contributed by atoms with E-state index in [-0.39, 0.29) is 5.91 Å². The number of hydrogen-bond donors (Lipinski definition) is 2. The van der Waals surface area contributed by atoms with Crippen LogP contribution in [0.2, 0.25) is 0 Å². The van der Waals surface area contributed by atoms with E-state index in [1.807, 2.05) is 19.1 Å². The summed E-state index contributed by atoms with van der Waals surface area (Å²) in [5, 5.41) is 8.50. The maximum atomic E-state index is 12.7. The number of thiazole rings is 1. The minimum absolute atomic E-state index is 0.193. The minimum atomic E-state index is -4.37. The smallest absolute Gasteiger partial charge is 0.359 e. The lowest BCUT2D eigenvalue weighted by Crippen LogP contribution is -2.38. The molecule has 27 heavy (non-hydrogen) atoms. The Morgan fingerprint density at radius 2 is 1.81 bits per heavy atom. The van der Waals surface area contributed by atoms with Crippen LogP contribution in [0, 0.1) is 6.92 Å². The number of carbonyl (C=O) groups excluding carboxylic acids is 1. The van der Waals surface area contributed by atoms with Gasteiger partial charge in [0.2, 0.25) is 0 Å². The normalized spacial score (nSPS) is 16.4. The summed E-state index contributed by atoms with van der Waals surface area (Å²) in [6.45, 7) is 1.91. The fourth-order valence-corrected chi connectivity index (χ4v) is 3.79. The second-order valence-corrected chi connectivity index (χ2v) is 7.06. The van der Waals surface area contributed by atoms with Crippen molar-refractivity contribution in [2.45, 2.75) is 19.3 Å². The molecule has 8 heteroatoms. The predicted molar refractivity (Wildman–Crippen MR) is 97.6 cm³/mol. The van der Waals surface area contributed by atoms with E-state index in [4.69, 9.17) is 0 Å². The van der Waals surface area contributed by atoms with E-state index in [9.17, 15) is 18.0 Å². The lowest BCUT2D eigenvalue weighted by Gasteiger charge is -2.27. The zero-order chi connectivity index (χ0) is 19.2. The highest BCUT2D eigenvalue weighted by atomic mass is 32.1. The van der Waals surface area contributed by atoms with Gasteiger partial charge in [0.05, 0.1) is 22.5 Å². The third kappa shape index (κ3) is 3.28. The Kier molecular flexibility index (Phi) is 4.15. The summed E-state index contributed by atoms with van der Waals surface area (Å²) in [5.41, 5.74) is 2.79. The third-order valence-corrected chi connectivity index (χ3v) is 5.27. The number of aryl methyl sites for hydroxylation is 1. The summed E-state index contributed by atoms with van der Waals surface area (Å²) in [6.07, 6.45) is -4.86. The number of nitrogens with zero attached hydrogens (tertiary/aromatic N) is 1. The predicted octanol–water partition coefficient (Wildman–Crippen LogP) is 4.99. The molecular formula is C19H14F3N3OS. The Morgan fingerprint density at radius 1 is 1.07 bits per heavy atom. The van der Waals surface area contributed by atoms with E-state index in [1.54, 1.807) is 11.4 Å². The van der Waals surface area contributed by atoms with Crippen LogP contribution in [0.3, 0.4) is 0 Å².